The van der Waals surface area contributed by atoms with E-state index in [1.54, 1.807) is 18.7 Å². The fourth-order valence-electron chi connectivity index (χ4n) is 1.65. The molecule has 5 nitrogen and oxygen atoms in total. The number of thioether (sulfide) groups is 1. The van der Waals surface area contributed by atoms with E-state index in [0.29, 0.717) is 10.6 Å². The number of amides is 1. The van der Waals surface area contributed by atoms with Crippen molar-refractivity contribution >= 4 is 29.2 Å². The van der Waals surface area contributed by atoms with Gasteiger partial charge in [-0.25, -0.2) is 0 Å². The van der Waals surface area contributed by atoms with E-state index in [4.69, 9.17) is 0 Å². The monoisotopic (exact) mass is 309 g/mol. The SMILES string of the molecule is CSc1ccc(C(O)CNC(=O)c2snnc2C)cc1. The molecule has 1 unspecified atom stereocenters. The third-order valence-corrected chi connectivity index (χ3v) is 4.38. The molecular formula is C13H15N3O2S2. The van der Waals surface area contributed by atoms with Crippen LogP contribution in [0.15, 0.2) is 29.2 Å². The molecule has 1 aromatic carbocycles. The standard InChI is InChI=1S/C13H15N3O2S2/c1-8-12(20-16-15-8)13(18)14-7-11(17)9-3-5-10(19-2)6-4-9/h3-6,11,17H,7H2,1-2H3,(H,14,18). The van der Waals surface area contributed by atoms with Gasteiger partial charge in [-0.1, -0.05) is 16.6 Å². The van der Waals surface area contributed by atoms with Gasteiger partial charge in [0, 0.05) is 11.4 Å². The summed E-state index contributed by atoms with van der Waals surface area (Å²) in [6, 6.07) is 7.62. The zero-order chi connectivity index (χ0) is 14.5. The molecule has 0 radical (unpaired) electrons. The third kappa shape index (κ3) is 3.56. The van der Waals surface area contributed by atoms with Crippen LogP contribution >= 0.6 is 23.3 Å². The van der Waals surface area contributed by atoms with Crippen LogP contribution in [0.1, 0.15) is 27.0 Å². The smallest absolute Gasteiger partial charge is 0.265 e. The zero-order valence-corrected chi connectivity index (χ0v) is 12.8. The molecule has 1 atom stereocenters. The van der Waals surface area contributed by atoms with Crippen molar-refractivity contribution in [3.05, 3.63) is 40.4 Å². The minimum Gasteiger partial charge on any atom is -0.387 e. The van der Waals surface area contributed by atoms with Crippen molar-refractivity contribution in [2.75, 3.05) is 12.8 Å². The molecule has 106 valence electrons. The molecule has 0 aliphatic rings. The highest BCUT2D eigenvalue weighted by Crippen LogP contribution is 2.19. The van der Waals surface area contributed by atoms with Gasteiger partial charge in [0.25, 0.3) is 5.91 Å². The maximum Gasteiger partial charge on any atom is 0.265 e. The Morgan fingerprint density at radius 2 is 2.15 bits per heavy atom. The summed E-state index contributed by atoms with van der Waals surface area (Å²) in [5, 5.41) is 16.5. The van der Waals surface area contributed by atoms with E-state index in [1.807, 2.05) is 30.5 Å². The molecule has 0 fully saturated rings. The molecule has 0 saturated carbocycles. The van der Waals surface area contributed by atoms with Crippen molar-refractivity contribution in [1.82, 2.24) is 14.9 Å². The van der Waals surface area contributed by atoms with Crippen molar-refractivity contribution in [1.29, 1.82) is 0 Å². The molecule has 2 aromatic rings. The van der Waals surface area contributed by atoms with E-state index in [-0.39, 0.29) is 12.5 Å². The van der Waals surface area contributed by atoms with Gasteiger partial charge in [0.1, 0.15) is 4.88 Å². The van der Waals surface area contributed by atoms with Crippen LogP contribution in [0.3, 0.4) is 0 Å². The summed E-state index contributed by atoms with van der Waals surface area (Å²) in [5.41, 5.74) is 1.38. The number of aromatic nitrogens is 2. The number of hydrogen-bond donors (Lipinski definition) is 2. The van der Waals surface area contributed by atoms with E-state index < -0.39 is 6.10 Å². The topological polar surface area (TPSA) is 75.1 Å². The quantitative estimate of drug-likeness (QED) is 0.827. The first-order chi connectivity index (χ1) is 9.61. The van der Waals surface area contributed by atoms with Crippen LogP contribution in [0.5, 0.6) is 0 Å². The molecule has 20 heavy (non-hydrogen) atoms. The second kappa shape index (κ2) is 6.83. The first-order valence-electron chi connectivity index (χ1n) is 6.01. The van der Waals surface area contributed by atoms with Gasteiger partial charge in [-0.05, 0) is 42.4 Å². The Labute approximate surface area is 125 Å². The lowest BCUT2D eigenvalue weighted by atomic mass is 10.1. The number of nitrogens with zero attached hydrogens (tertiary/aromatic N) is 2. The Balaban J connectivity index is 1.93. The molecule has 0 bridgehead atoms. The summed E-state index contributed by atoms with van der Waals surface area (Å²) in [5.74, 6) is -0.253. The highest BCUT2D eigenvalue weighted by Gasteiger charge is 2.15. The zero-order valence-electron chi connectivity index (χ0n) is 11.2. The summed E-state index contributed by atoms with van der Waals surface area (Å²) in [7, 11) is 0. The number of aliphatic hydroxyl groups excluding tert-OH is 1. The van der Waals surface area contributed by atoms with E-state index in [9.17, 15) is 9.90 Å². The number of nitrogens with one attached hydrogen (secondary N) is 1. The van der Waals surface area contributed by atoms with Crippen LogP contribution in [0.25, 0.3) is 0 Å². The molecule has 2 rings (SSSR count). The van der Waals surface area contributed by atoms with E-state index in [0.717, 1.165) is 22.0 Å². The number of benzene rings is 1. The van der Waals surface area contributed by atoms with Crippen LogP contribution in [0.2, 0.25) is 0 Å². The molecule has 0 saturated heterocycles. The number of hydrogen-bond acceptors (Lipinski definition) is 6. The molecule has 0 aliphatic carbocycles. The Bertz CT molecular complexity index is 584. The number of carbonyl (C=O) groups is 1. The molecule has 1 aromatic heterocycles. The highest BCUT2D eigenvalue weighted by molar-refractivity contribution is 7.98. The first kappa shape index (κ1) is 15.0. The predicted octanol–water partition coefficient (Wildman–Crippen LogP) is 2.03. The van der Waals surface area contributed by atoms with E-state index in [1.165, 1.54) is 0 Å². The fourth-order valence-corrected chi connectivity index (χ4v) is 2.63. The Morgan fingerprint density at radius 1 is 1.45 bits per heavy atom. The van der Waals surface area contributed by atoms with Gasteiger partial charge in [0.2, 0.25) is 0 Å². The van der Waals surface area contributed by atoms with Gasteiger partial charge in [-0.3, -0.25) is 4.79 Å². The number of rotatable bonds is 5. The summed E-state index contributed by atoms with van der Waals surface area (Å²) in [6.07, 6.45) is 1.27. The van der Waals surface area contributed by atoms with Crippen molar-refractivity contribution in [3.63, 3.8) is 0 Å². The Morgan fingerprint density at radius 3 is 2.70 bits per heavy atom. The van der Waals surface area contributed by atoms with Gasteiger partial charge < -0.3 is 10.4 Å². The van der Waals surface area contributed by atoms with Crippen molar-refractivity contribution in [2.45, 2.75) is 17.9 Å². The van der Waals surface area contributed by atoms with Gasteiger partial charge >= 0.3 is 0 Å². The van der Waals surface area contributed by atoms with Crippen LogP contribution in [0, 0.1) is 6.92 Å². The predicted molar refractivity (Wildman–Crippen MR) is 80.2 cm³/mol. The van der Waals surface area contributed by atoms with Crippen LogP contribution in [-0.2, 0) is 0 Å². The lowest BCUT2D eigenvalue weighted by molar-refractivity contribution is 0.0919. The molecular weight excluding hydrogens is 294 g/mol. The number of aryl methyl sites for hydroxylation is 1. The fraction of sp³-hybridized carbons (Fsp3) is 0.308. The minimum atomic E-state index is -0.726. The maximum absolute atomic E-state index is 11.9. The molecule has 2 N–H and O–H groups in total. The van der Waals surface area contributed by atoms with Crippen LogP contribution in [0.4, 0.5) is 0 Å². The lowest BCUT2D eigenvalue weighted by Crippen LogP contribution is -2.28. The average Bonchev–Trinajstić information content (AvgIpc) is 2.90. The first-order valence-corrected chi connectivity index (χ1v) is 8.00. The second-order valence-electron chi connectivity index (χ2n) is 4.19. The Hall–Kier alpha value is -1.44. The highest BCUT2D eigenvalue weighted by atomic mass is 32.2. The van der Waals surface area contributed by atoms with Crippen molar-refractivity contribution in [2.24, 2.45) is 0 Å². The Kier molecular flexibility index (Phi) is 5.11. The van der Waals surface area contributed by atoms with Gasteiger partial charge in [0.15, 0.2) is 0 Å². The van der Waals surface area contributed by atoms with Crippen LogP contribution < -0.4 is 5.32 Å². The third-order valence-electron chi connectivity index (χ3n) is 2.81. The number of carbonyl (C=O) groups excluding carboxylic acids is 1. The van der Waals surface area contributed by atoms with Gasteiger partial charge in [0.05, 0.1) is 11.8 Å². The van der Waals surface area contributed by atoms with Gasteiger partial charge in [-0.2, -0.15) is 0 Å². The molecule has 1 amide bonds. The summed E-state index contributed by atoms with van der Waals surface area (Å²) < 4.78 is 3.71. The molecule has 1 heterocycles. The molecule has 7 heteroatoms. The van der Waals surface area contributed by atoms with E-state index >= 15 is 0 Å². The van der Waals surface area contributed by atoms with Crippen LogP contribution in [-0.4, -0.2) is 33.4 Å². The second-order valence-corrected chi connectivity index (χ2v) is 5.82. The van der Waals surface area contributed by atoms with Crippen molar-refractivity contribution < 1.29 is 9.90 Å². The number of aliphatic hydroxyl groups is 1. The maximum atomic E-state index is 11.9. The largest absolute Gasteiger partial charge is 0.387 e. The van der Waals surface area contributed by atoms with Gasteiger partial charge in [-0.15, -0.1) is 16.9 Å². The van der Waals surface area contributed by atoms with E-state index in [2.05, 4.69) is 14.9 Å². The molecule has 0 aliphatic heterocycles. The lowest BCUT2D eigenvalue weighted by Gasteiger charge is -2.12. The summed E-state index contributed by atoms with van der Waals surface area (Å²) in [4.78, 5) is 13.5. The molecule has 0 spiro atoms. The summed E-state index contributed by atoms with van der Waals surface area (Å²) >= 11 is 2.70. The normalized spacial score (nSPS) is 12.2. The minimum absolute atomic E-state index is 0.161. The summed E-state index contributed by atoms with van der Waals surface area (Å²) in [6.45, 7) is 1.89. The average molecular weight is 309 g/mol. The van der Waals surface area contributed by atoms with Crippen molar-refractivity contribution in [3.8, 4) is 0 Å².